The molecule has 6 aromatic rings. The molecule has 41 heavy (non-hydrogen) atoms. The van der Waals surface area contributed by atoms with Crippen molar-refractivity contribution in [3.05, 3.63) is 144 Å². The van der Waals surface area contributed by atoms with E-state index in [1.807, 2.05) is 121 Å². The summed E-state index contributed by atoms with van der Waals surface area (Å²) in [4.78, 5) is 0. The summed E-state index contributed by atoms with van der Waals surface area (Å²) < 4.78 is 18.4. The normalized spacial score (nSPS) is 12.8. The molecule has 0 aliphatic carbocycles. The summed E-state index contributed by atoms with van der Waals surface area (Å²) in [5.41, 5.74) is 5.66. The van der Waals surface area contributed by atoms with Crippen molar-refractivity contribution in [3.8, 4) is 34.8 Å². The molecule has 0 saturated heterocycles. The van der Waals surface area contributed by atoms with Crippen molar-refractivity contribution in [1.82, 2.24) is 0 Å². The van der Waals surface area contributed by atoms with Crippen molar-refractivity contribution in [2.75, 3.05) is 0 Å². The van der Waals surface area contributed by atoms with Crippen LogP contribution in [-0.2, 0) is 4.74 Å². The van der Waals surface area contributed by atoms with Gasteiger partial charge in [0.15, 0.2) is 0 Å². The Bertz CT molecular complexity index is 1910. The first-order valence-electron chi connectivity index (χ1n) is 13.0. The van der Waals surface area contributed by atoms with Crippen molar-refractivity contribution in [1.29, 1.82) is 10.5 Å². The Morgan fingerprint density at radius 2 is 0.927 bits per heavy atom. The topological polar surface area (TPSA) is 83.1 Å². The lowest BCUT2D eigenvalue weighted by Crippen LogP contribution is -2.01. The maximum absolute atomic E-state index is 9.59. The smallest absolute Gasteiger partial charge is 0.137 e. The molecule has 2 aromatic heterocycles. The number of fused-ring (bicyclic) bond motifs is 2. The molecule has 0 unspecified atom stereocenters. The van der Waals surface area contributed by atoms with Gasteiger partial charge in [0.1, 0.15) is 51.9 Å². The predicted octanol–water partition coefficient (Wildman–Crippen LogP) is 9.27. The second-order valence-corrected chi connectivity index (χ2v) is 9.62. The van der Waals surface area contributed by atoms with E-state index in [9.17, 15) is 10.5 Å². The molecule has 0 fully saturated rings. The minimum Gasteiger partial charge on any atom is -0.456 e. The number of allylic oxidation sites excluding steroid dienone is 4. The van der Waals surface area contributed by atoms with Gasteiger partial charge in [0.05, 0.1) is 0 Å². The zero-order valence-corrected chi connectivity index (χ0v) is 21.7. The van der Waals surface area contributed by atoms with E-state index in [1.165, 1.54) is 0 Å². The average molecular weight is 529 g/mol. The van der Waals surface area contributed by atoms with Crippen LogP contribution in [0, 0.1) is 22.7 Å². The van der Waals surface area contributed by atoms with E-state index in [1.54, 1.807) is 12.2 Å². The Morgan fingerprint density at radius 1 is 0.512 bits per heavy atom. The van der Waals surface area contributed by atoms with E-state index in [2.05, 4.69) is 0 Å². The van der Waals surface area contributed by atoms with Crippen LogP contribution in [0.25, 0.3) is 56.1 Å². The molecule has 0 N–H and O–H groups in total. The molecule has 0 radical (unpaired) electrons. The van der Waals surface area contributed by atoms with Gasteiger partial charge < -0.3 is 13.6 Å². The number of para-hydroxylation sites is 2. The van der Waals surface area contributed by atoms with Gasteiger partial charge in [-0.1, -0.05) is 84.9 Å². The second-order valence-electron chi connectivity index (χ2n) is 9.62. The van der Waals surface area contributed by atoms with Crippen molar-refractivity contribution < 1.29 is 13.6 Å². The standard InChI is InChI=1S/C36H20N2O3/c37-21-30(22-38)29-19-35(25-13-9-23(10-14-25)33-17-27-5-1-3-7-31(27)39-33)41-36(20-29)26-15-11-24(12-16-26)34-18-28-6-2-4-8-32(28)40-34/h1-20H. The fourth-order valence-electron chi connectivity index (χ4n) is 4.93. The molecular weight excluding hydrogens is 508 g/mol. The number of furan rings is 2. The highest BCUT2D eigenvalue weighted by Crippen LogP contribution is 2.36. The second kappa shape index (κ2) is 9.93. The summed E-state index contributed by atoms with van der Waals surface area (Å²) in [5.74, 6) is 2.63. The number of nitriles is 2. The molecule has 0 amide bonds. The average Bonchev–Trinajstić information content (AvgIpc) is 3.67. The molecule has 5 heteroatoms. The van der Waals surface area contributed by atoms with Crippen molar-refractivity contribution >= 4 is 33.5 Å². The summed E-state index contributed by atoms with van der Waals surface area (Å²) >= 11 is 0. The van der Waals surface area contributed by atoms with E-state index < -0.39 is 0 Å². The van der Waals surface area contributed by atoms with Crippen LogP contribution >= 0.6 is 0 Å². The van der Waals surface area contributed by atoms with Crippen molar-refractivity contribution in [3.63, 3.8) is 0 Å². The number of nitrogens with zero attached hydrogens (tertiary/aromatic N) is 2. The summed E-state index contributed by atoms with van der Waals surface area (Å²) in [7, 11) is 0. The van der Waals surface area contributed by atoms with Gasteiger partial charge in [-0.3, -0.25) is 0 Å². The number of benzene rings is 4. The zero-order valence-electron chi connectivity index (χ0n) is 21.7. The maximum atomic E-state index is 9.59. The lowest BCUT2D eigenvalue weighted by molar-refractivity contribution is 0.467. The van der Waals surface area contributed by atoms with Crippen LogP contribution in [0.3, 0.4) is 0 Å². The lowest BCUT2D eigenvalue weighted by atomic mass is 10.00. The van der Waals surface area contributed by atoms with Crippen molar-refractivity contribution in [2.45, 2.75) is 0 Å². The van der Waals surface area contributed by atoms with E-state index in [0.717, 1.165) is 55.7 Å². The fourth-order valence-corrected chi connectivity index (χ4v) is 4.93. The summed E-state index contributed by atoms with van der Waals surface area (Å²) in [5, 5.41) is 21.3. The molecule has 0 atom stereocenters. The van der Waals surface area contributed by atoms with E-state index in [4.69, 9.17) is 13.6 Å². The van der Waals surface area contributed by atoms with E-state index >= 15 is 0 Å². The molecule has 0 saturated carbocycles. The summed E-state index contributed by atoms with van der Waals surface area (Å²) in [6.45, 7) is 0. The molecule has 192 valence electrons. The minimum absolute atomic E-state index is 0.0149. The Labute approximate surface area is 235 Å². The van der Waals surface area contributed by atoms with Crippen LogP contribution in [0.5, 0.6) is 0 Å². The third kappa shape index (κ3) is 4.48. The van der Waals surface area contributed by atoms with Crippen LogP contribution in [0.4, 0.5) is 0 Å². The Hall–Kier alpha value is -6.04. The highest BCUT2D eigenvalue weighted by molar-refractivity contribution is 5.85. The number of hydrogen-bond donors (Lipinski definition) is 0. The first-order valence-corrected chi connectivity index (χ1v) is 13.0. The molecule has 1 aliphatic rings. The monoisotopic (exact) mass is 528 g/mol. The highest BCUT2D eigenvalue weighted by Gasteiger charge is 2.19. The molecule has 3 heterocycles. The van der Waals surface area contributed by atoms with Gasteiger partial charge >= 0.3 is 0 Å². The number of ether oxygens (including phenoxy) is 1. The number of rotatable bonds is 4. The van der Waals surface area contributed by atoms with Gasteiger partial charge in [-0.25, -0.2) is 0 Å². The third-order valence-corrected chi connectivity index (χ3v) is 7.06. The zero-order chi connectivity index (χ0) is 27.8. The van der Waals surface area contributed by atoms with Gasteiger partial charge in [-0.15, -0.1) is 0 Å². The SMILES string of the molecule is N#CC(C#N)=C1C=C(c2ccc(-c3cc4ccccc4o3)cc2)OC(c2ccc(-c3cc4ccccc4o3)cc2)=C1. The fraction of sp³-hybridized carbons (Fsp3) is 0. The predicted molar refractivity (Wildman–Crippen MR) is 159 cm³/mol. The molecule has 0 spiro atoms. The summed E-state index contributed by atoms with van der Waals surface area (Å²) in [6, 6.07) is 39.5. The van der Waals surface area contributed by atoms with Gasteiger partial charge in [-0.05, 0) is 36.4 Å². The van der Waals surface area contributed by atoms with Gasteiger partial charge in [0, 0.05) is 38.6 Å². The lowest BCUT2D eigenvalue weighted by Gasteiger charge is -2.19. The molecule has 1 aliphatic heterocycles. The van der Waals surface area contributed by atoms with Crippen LogP contribution in [0.2, 0.25) is 0 Å². The molecule has 7 rings (SSSR count). The Morgan fingerprint density at radius 3 is 1.34 bits per heavy atom. The molecule has 4 aromatic carbocycles. The summed E-state index contributed by atoms with van der Waals surface area (Å²) in [6.07, 6.45) is 3.45. The Balaban J connectivity index is 1.20. The van der Waals surface area contributed by atoms with Crippen molar-refractivity contribution in [2.24, 2.45) is 0 Å². The quantitative estimate of drug-likeness (QED) is 0.213. The van der Waals surface area contributed by atoms with Crippen LogP contribution in [0.1, 0.15) is 11.1 Å². The first-order chi connectivity index (χ1) is 20.2. The van der Waals surface area contributed by atoms with Crippen LogP contribution in [0.15, 0.2) is 141 Å². The number of hydrogen-bond acceptors (Lipinski definition) is 5. The highest BCUT2D eigenvalue weighted by atomic mass is 16.5. The molecular formula is C36H20N2O3. The minimum atomic E-state index is 0.0149. The van der Waals surface area contributed by atoms with Crippen LogP contribution < -0.4 is 0 Å². The largest absolute Gasteiger partial charge is 0.456 e. The van der Waals surface area contributed by atoms with Gasteiger partial charge in [0.25, 0.3) is 0 Å². The Kier molecular flexibility index (Phi) is 5.82. The van der Waals surface area contributed by atoms with Gasteiger partial charge in [0.2, 0.25) is 0 Å². The van der Waals surface area contributed by atoms with Gasteiger partial charge in [-0.2, -0.15) is 10.5 Å². The van der Waals surface area contributed by atoms with E-state index in [0.29, 0.717) is 17.1 Å². The first kappa shape index (κ1) is 24.0. The molecule has 5 nitrogen and oxygen atoms in total. The van der Waals surface area contributed by atoms with Crippen LogP contribution in [-0.4, -0.2) is 0 Å². The maximum Gasteiger partial charge on any atom is 0.137 e. The van der Waals surface area contributed by atoms with E-state index in [-0.39, 0.29) is 5.57 Å². The molecule has 0 bridgehead atoms. The third-order valence-electron chi connectivity index (χ3n) is 7.06.